The Morgan fingerprint density at radius 1 is 1.19 bits per heavy atom. The number of benzene rings is 2. The number of nitrogens with one attached hydrogen (secondary N) is 1. The van der Waals surface area contributed by atoms with Crippen LogP contribution in [-0.4, -0.2) is 33.0 Å². The number of aromatic nitrogens is 4. The SMILES string of the molecule is COc1ccccc1-c1nc(Cn2nnc(C(=O)Nc3ccc(Br)c(C)c3)c2C)c(C)o1. The fourth-order valence-corrected chi connectivity index (χ4v) is 3.53. The molecule has 0 saturated carbocycles. The smallest absolute Gasteiger partial charge is 0.278 e. The molecular weight excluding hydrogens is 474 g/mol. The van der Waals surface area contributed by atoms with Crippen LogP contribution in [0.2, 0.25) is 0 Å². The van der Waals surface area contributed by atoms with Crippen molar-refractivity contribution in [1.29, 1.82) is 0 Å². The van der Waals surface area contributed by atoms with E-state index in [-0.39, 0.29) is 11.6 Å². The van der Waals surface area contributed by atoms with E-state index in [1.807, 2.05) is 56.3 Å². The van der Waals surface area contributed by atoms with Gasteiger partial charge in [-0.05, 0) is 56.7 Å². The van der Waals surface area contributed by atoms with Gasteiger partial charge in [0.2, 0.25) is 5.89 Å². The van der Waals surface area contributed by atoms with E-state index in [1.54, 1.807) is 18.7 Å². The van der Waals surface area contributed by atoms with Crippen molar-refractivity contribution in [2.75, 3.05) is 12.4 Å². The molecule has 0 saturated heterocycles. The van der Waals surface area contributed by atoms with E-state index in [0.29, 0.717) is 41.0 Å². The summed E-state index contributed by atoms with van der Waals surface area (Å²) in [5.74, 6) is 1.50. The Bertz CT molecular complexity index is 1290. The van der Waals surface area contributed by atoms with Crippen LogP contribution < -0.4 is 10.1 Å². The molecule has 0 aliphatic rings. The first-order valence-corrected chi connectivity index (χ1v) is 10.7. The molecule has 1 amide bonds. The van der Waals surface area contributed by atoms with E-state index < -0.39 is 0 Å². The van der Waals surface area contributed by atoms with Gasteiger partial charge in [-0.1, -0.05) is 33.3 Å². The highest BCUT2D eigenvalue weighted by molar-refractivity contribution is 9.10. The summed E-state index contributed by atoms with van der Waals surface area (Å²) in [5, 5.41) is 11.1. The molecule has 164 valence electrons. The van der Waals surface area contributed by atoms with Gasteiger partial charge in [0, 0.05) is 10.2 Å². The van der Waals surface area contributed by atoms with Crippen molar-refractivity contribution < 1.29 is 13.9 Å². The van der Waals surface area contributed by atoms with E-state index in [2.05, 4.69) is 36.5 Å². The second kappa shape index (κ2) is 8.96. The van der Waals surface area contributed by atoms with Gasteiger partial charge >= 0.3 is 0 Å². The molecule has 0 aliphatic heterocycles. The number of para-hydroxylation sites is 1. The number of hydrogen-bond acceptors (Lipinski definition) is 6. The predicted octanol–water partition coefficient (Wildman–Crippen LogP) is 4.93. The third-order valence-electron chi connectivity index (χ3n) is 5.14. The summed E-state index contributed by atoms with van der Waals surface area (Å²) >= 11 is 3.46. The summed E-state index contributed by atoms with van der Waals surface area (Å²) in [6, 6.07) is 13.1. The first-order chi connectivity index (χ1) is 15.4. The molecule has 4 rings (SSSR count). The summed E-state index contributed by atoms with van der Waals surface area (Å²) < 4.78 is 13.9. The van der Waals surface area contributed by atoms with Gasteiger partial charge in [-0.25, -0.2) is 9.67 Å². The van der Waals surface area contributed by atoms with Crippen LogP contribution in [-0.2, 0) is 6.54 Å². The molecule has 0 fully saturated rings. The number of anilines is 1. The minimum absolute atomic E-state index is 0.261. The van der Waals surface area contributed by atoms with E-state index in [9.17, 15) is 4.79 Å². The minimum atomic E-state index is -0.318. The largest absolute Gasteiger partial charge is 0.496 e. The molecule has 32 heavy (non-hydrogen) atoms. The Morgan fingerprint density at radius 2 is 1.97 bits per heavy atom. The first kappa shape index (κ1) is 21.8. The number of ether oxygens (including phenoxy) is 1. The maximum atomic E-state index is 12.7. The third-order valence-corrected chi connectivity index (χ3v) is 6.03. The Labute approximate surface area is 193 Å². The summed E-state index contributed by atoms with van der Waals surface area (Å²) in [6.45, 7) is 5.93. The average molecular weight is 496 g/mol. The minimum Gasteiger partial charge on any atom is -0.496 e. The Balaban J connectivity index is 1.55. The highest BCUT2D eigenvalue weighted by atomic mass is 79.9. The third kappa shape index (κ3) is 4.29. The number of rotatable bonds is 6. The van der Waals surface area contributed by atoms with Crippen LogP contribution in [0.3, 0.4) is 0 Å². The van der Waals surface area contributed by atoms with Gasteiger partial charge in [0.15, 0.2) is 5.69 Å². The molecule has 2 aromatic carbocycles. The Hall–Kier alpha value is -3.46. The maximum absolute atomic E-state index is 12.7. The zero-order valence-electron chi connectivity index (χ0n) is 18.1. The Kier molecular flexibility index (Phi) is 6.09. The number of nitrogens with zero attached hydrogens (tertiary/aromatic N) is 4. The molecule has 0 bridgehead atoms. The first-order valence-electron chi connectivity index (χ1n) is 9.94. The second-order valence-electron chi connectivity index (χ2n) is 7.32. The van der Waals surface area contributed by atoms with Gasteiger partial charge in [0.25, 0.3) is 5.91 Å². The summed E-state index contributed by atoms with van der Waals surface area (Å²) in [4.78, 5) is 17.4. The number of halogens is 1. The molecule has 0 aliphatic carbocycles. The molecule has 0 spiro atoms. The lowest BCUT2D eigenvalue weighted by atomic mass is 10.2. The standard InChI is InChI=1S/C23H22BrN5O3/c1-13-11-16(9-10-18(13)24)25-22(30)21-14(2)29(28-27-21)12-19-15(3)32-23(26-19)17-7-5-6-8-20(17)31-4/h5-11H,12H2,1-4H3,(H,25,30). The number of amides is 1. The van der Waals surface area contributed by atoms with Crippen molar-refractivity contribution in [2.24, 2.45) is 0 Å². The lowest BCUT2D eigenvalue weighted by Crippen LogP contribution is -2.14. The van der Waals surface area contributed by atoms with Crippen molar-refractivity contribution in [3.63, 3.8) is 0 Å². The zero-order valence-corrected chi connectivity index (χ0v) is 19.7. The molecule has 2 heterocycles. The second-order valence-corrected chi connectivity index (χ2v) is 8.18. The van der Waals surface area contributed by atoms with Crippen molar-refractivity contribution in [3.8, 4) is 17.2 Å². The van der Waals surface area contributed by atoms with Gasteiger partial charge in [0.05, 0.1) is 24.9 Å². The lowest BCUT2D eigenvalue weighted by molar-refractivity contribution is 0.102. The van der Waals surface area contributed by atoms with Crippen LogP contribution in [0.4, 0.5) is 5.69 Å². The fourth-order valence-electron chi connectivity index (χ4n) is 3.29. The van der Waals surface area contributed by atoms with E-state index in [0.717, 1.165) is 15.6 Å². The van der Waals surface area contributed by atoms with E-state index in [4.69, 9.17) is 9.15 Å². The van der Waals surface area contributed by atoms with Crippen LogP contribution in [0.5, 0.6) is 5.75 Å². The Morgan fingerprint density at radius 3 is 2.72 bits per heavy atom. The number of carbonyl (C=O) groups excluding carboxylic acids is 1. The molecule has 4 aromatic rings. The predicted molar refractivity (Wildman–Crippen MR) is 124 cm³/mol. The van der Waals surface area contributed by atoms with Crippen molar-refractivity contribution >= 4 is 27.5 Å². The molecule has 0 atom stereocenters. The van der Waals surface area contributed by atoms with Gasteiger partial charge < -0.3 is 14.5 Å². The number of aryl methyl sites for hydroxylation is 2. The number of carbonyl (C=O) groups is 1. The van der Waals surface area contributed by atoms with Crippen LogP contribution in [0.15, 0.2) is 51.4 Å². The lowest BCUT2D eigenvalue weighted by Gasteiger charge is -2.06. The van der Waals surface area contributed by atoms with E-state index >= 15 is 0 Å². The normalized spacial score (nSPS) is 10.9. The van der Waals surface area contributed by atoms with Gasteiger partial charge in [0.1, 0.15) is 17.2 Å². The summed E-state index contributed by atoms with van der Waals surface area (Å²) in [5.41, 5.74) is 4.09. The highest BCUT2D eigenvalue weighted by Crippen LogP contribution is 2.30. The highest BCUT2D eigenvalue weighted by Gasteiger charge is 2.20. The monoisotopic (exact) mass is 495 g/mol. The quantitative estimate of drug-likeness (QED) is 0.407. The fraction of sp³-hybridized carbons (Fsp3) is 0.217. The van der Waals surface area contributed by atoms with Gasteiger partial charge in [-0.15, -0.1) is 5.10 Å². The van der Waals surface area contributed by atoms with Crippen molar-refractivity contribution in [3.05, 3.63) is 75.3 Å². The van der Waals surface area contributed by atoms with E-state index in [1.165, 1.54) is 0 Å². The average Bonchev–Trinajstić information content (AvgIpc) is 3.33. The van der Waals surface area contributed by atoms with Crippen LogP contribution in [0, 0.1) is 20.8 Å². The topological polar surface area (TPSA) is 95.1 Å². The van der Waals surface area contributed by atoms with Crippen molar-refractivity contribution in [2.45, 2.75) is 27.3 Å². The van der Waals surface area contributed by atoms with Crippen LogP contribution in [0.25, 0.3) is 11.5 Å². The van der Waals surface area contributed by atoms with Crippen LogP contribution >= 0.6 is 15.9 Å². The zero-order chi connectivity index (χ0) is 22.8. The molecule has 1 N–H and O–H groups in total. The summed E-state index contributed by atoms with van der Waals surface area (Å²) in [7, 11) is 1.61. The number of oxazole rings is 1. The number of hydrogen-bond donors (Lipinski definition) is 1. The van der Waals surface area contributed by atoms with Crippen LogP contribution in [0.1, 0.15) is 33.2 Å². The molecule has 0 radical (unpaired) electrons. The molecule has 9 heteroatoms. The number of methoxy groups -OCH3 is 1. The van der Waals surface area contributed by atoms with Gasteiger partial charge in [-0.2, -0.15) is 0 Å². The summed E-state index contributed by atoms with van der Waals surface area (Å²) in [6.07, 6.45) is 0. The molecule has 2 aromatic heterocycles. The molecular formula is C23H22BrN5O3. The molecule has 8 nitrogen and oxygen atoms in total. The van der Waals surface area contributed by atoms with Gasteiger partial charge in [-0.3, -0.25) is 4.79 Å². The van der Waals surface area contributed by atoms with Crippen molar-refractivity contribution in [1.82, 2.24) is 20.0 Å². The maximum Gasteiger partial charge on any atom is 0.278 e. The molecule has 0 unspecified atom stereocenters.